The molecule has 1 rings (SSSR count). The first-order valence-electron chi connectivity index (χ1n) is 8.37. The average molecular weight is 264 g/mol. The zero-order chi connectivity index (χ0) is 13.9. The smallest absolute Gasteiger partial charge is 0.0624 e. The van der Waals surface area contributed by atoms with Crippen LogP contribution in [0.4, 0.5) is 0 Å². The van der Waals surface area contributed by atoms with Gasteiger partial charge in [-0.3, -0.25) is 4.68 Å². The highest BCUT2D eigenvalue weighted by molar-refractivity contribution is 5.10. The van der Waals surface area contributed by atoms with Crippen molar-refractivity contribution >= 4 is 0 Å². The molecule has 19 heavy (non-hydrogen) atoms. The Morgan fingerprint density at radius 2 is 1.47 bits per heavy atom. The summed E-state index contributed by atoms with van der Waals surface area (Å²) < 4.78 is 2.23. The minimum absolute atomic E-state index is 1.05. The van der Waals surface area contributed by atoms with Crippen molar-refractivity contribution in [1.82, 2.24) is 9.78 Å². The van der Waals surface area contributed by atoms with Gasteiger partial charge in [0.25, 0.3) is 0 Å². The number of aromatic nitrogens is 2. The molecule has 0 spiro atoms. The number of nitrogens with zero attached hydrogens (tertiary/aromatic N) is 2. The SMILES string of the molecule is CCCCCCCCCCn1nc(CC)cc1CC. The van der Waals surface area contributed by atoms with Crippen LogP contribution in [0, 0.1) is 0 Å². The van der Waals surface area contributed by atoms with Gasteiger partial charge >= 0.3 is 0 Å². The van der Waals surface area contributed by atoms with Crippen LogP contribution >= 0.6 is 0 Å². The van der Waals surface area contributed by atoms with E-state index in [0.29, 0.717) is 0 Å². The predicted octanol–water partition coefficient (Wildman–Crippen LogP) is 5.15. The van der Waals surface area contributed by atoms with Crippen molar-refractivity contribution in [3.05, 3.63) is 17.5 Å². The summed E-state index contributed by atoms with van der Waals surface area (Å²) in [6.45, 7) is 7.79. The highest BCUT2D eigenvalue weighted by Gasteiger charge is 2.04. The lowest BCUT2D eigenvalue weighted by molar-refractivity contribution is 0.507. The maximum atomic E-state index is 4.67. The van der Waals surface area contributed by atoms with Crippen LogP contribution in [0.2, 0.25) is 0 Å². The lowest BCUT2D eigenvalue weighted by Gasteiger charge is -2.06. The van der Waals surface area contributed by atoms with E-state index in [4.69, 9.17) is 0 Å². The van der Waals surface area contributed by atoms with Crippen LogP contribution in [0.25, 0.3) is 0 Å². The first-order valence-corrected chi connectivity index (χ1v) is 8.37. The molecule has 0 aromatic carbocycles. The zero-order valence-electron chi connectivity index (χ0n) is 13.2. The summed E-state index contributed by atoms with van der Waals surface area (Å²) in [6, 6.07) is 2.27. The minimum Gasteiger partial charge on any atom is -0.269 e. The molecule has 0 N–H and O–H groups in total. The fourth-order valence-corrected chi connectivity index (χ4v) is 2.56. The van der Waals surface area contributed by atoms with E-state index in [1.54, 1.807) is 0 Å². The third-order valence-corrected chi connectivity index (χ3v) is 3.86. The number of aryl methyl sites for hydroxylation is 3. The third-order valence-electron chi connectivity index (χ3n) is 3.86. The summed E-state index contributed by atoms with van der Waals surface area (Å²) in [5.41, 5.74) is 2.65. The maximum absolute atomic E-state index is 4.67. The van der Waals surface area contributed by atoms with Crippen molar-refractivity contribution in [2.45, 2.75) is 91.5 Å². The van der Waals surface area contributed by atoms with E-state index in [-0.39, 0.29) is 0 Å². The van der Waals surface area contributed by atoms with Crippen LogP contribution in [0.5, 0.6) is 0 Å². The molecule has 0 aliphatic carbocycles. The van der Waals surface area contributed by atoms with Gasteiger partial charge in [-0.2, -0.15) is 5.10 Å². The molecule has 0 fully saturated rings. The van der Waals surface area contributed by atoms with E-state index in [0.717, 1.165) is 19.4 Å². The van der Waals surface area contributed by atoms with Crippen LogP contribution < -0.4 is 0 Å². The molecule has 0 saturated carbocycles. The quantitative estimate of drug-likeness (QED) is 0.505. The lowest BCUT2D eigenvalue weighted by Crippen LogP contribution is -2.04. The molecule has 0 radical (unpaired) electrons. The van der Waals surface area contributed by atoms with Crippen molar-refractivity contribution in [2.75, 3.05) is 0 Å². The number of unbranched alkanes of at least 4 members (excludes halogenated alkanes) is 7. The van der Waals surface area contributed by atoms with Gasteiger partial charge in [0.1, 0.15) is 0 Å². The first kappa shape index (κ1) is 16.3. The Morgan fingerprint density at radius 3 is 2.05 bits per heavy atom. The number of hydrogen-bond acceptors (Lipinski definition) is 1. The van der Waals surface area contributed by atoms with Crippen LogP contribution in [0.1, 0.15) is 83.5 Å². The molecule has 0 aliphatic heterocycles. The van der Waals surface area contributed by atoms with Crippen LogP contribution in [-0.2, 0) is 19.4 Å². The van der Waals surface area contributed by atoms with Gasteiger partial charge in [0.2, 0.25) is 0 Å². The van der Waals surface area contributed by atoms with E-state index < -0.39 is 0 Å². The molecular weight excluding hydrogens is 232 g/mol. The predicted molar refractivity (Wildman–Crippen MR) is 83.6 cm³/mol. The number of rotatable bonds is 11. The molecule has 0 saturated heterocycles. The zero-order valence-corrected chi connectivity index (χ0v) is 13.2. The minimum atomic E-state index is 1.05. The second-order valence-corrected chi connectivity index (χ2v) is 5.53. The Kier molecular flexibility index (Phi) is 8.61. The van der Waals surface area contributed by atoms with E-state index >= 15 is 0 Å². The summed E-state index contributed by atoms with van der Waals surface area (Å²) in [5, 5.41) is 4.67. The standard InChI is InChI=1S/C17H32N2/c1-4-7-8-9-10-11-12-13-14-19-17(6-3)15-16(5-2)18-19/h15H,4-14H2,1-3H3. The van der Waals surface area contributed by atoms with E-state index in [1.165, 1.54) is 62.8 Å². The Labute approximate surface area is 119 Å². The van der Waals surface area contributed by atoms with Crippen molar-refractivity contribution in [3.63, 3.8) is 0 Å². The Bertz CT molecular complexity index is 328. The Hall–Kier alpha value is -0.790. The van der Waals surface area contributed by atoms with Crippen LogP contribution in [0.3, 0.4) is 0 Å². The summed E-state index contributed by atoms with van der Waals surface area (Å²) in [4.78, 5) is 0. The molecule has 110 valence electrons. The van der Waals surface area contributed by atoms with Gasteiger partial charge in [-0.1, -0.05) is 65.7 Å². The molecule has 2 nitrogen and oxygen atoms in total. The molecule has 0 atom stereocenters. The first-order chi connectivity index (χ1) is 9.31. The van der Waals surface area contributed by atoms with Gasteiger partial charge in [-0.25, -0.2) is 0 Å². The van der Waals surface area contributed by atoms with Crippen molar-refractivity contribution < 1.29 is 0 Å². The highest BCUT2D eigenvalue weighted by Crippen LogP contribution is 2.11. The average Bonchev–Trinajstić information content (AvgIpc) is 2.84. The largest absolute Gasteiger partial charge is 0.269 e. The summed E-state index contributed by atoms with van der Waals surface area (Å²) in [6.07, 6.45) is 13.2. The maximum Gasteiger partial charge on any atom is 0.0624 e. The van der Waals surface area contributed by atoms with Gasteiger partial charge in [0.05, 0.1) is 5.69 Å². The van der Waals surface area contributed by atoms with Gasteiger partial charge < -0.3 is 0 Å². The van der Waals surface area contributed by atoms with Crippen molar-refractivity contribution in [2.24, 2.45) is 0 Å². The molecule has 0 aliphatic rings. The summed E-state index contributed by atoms with van der Waals surface area (Å²) in [7, 11) is 0. The monoisotopic (exact) mass is 264 g/mol. The fourth-order valence-electron chi connectivity index (χ4n) is 2.56. The normalized spacial score (nSPS) is 11.1. The van der Waals surface area contributed by atoms with E-state index in [1.807, 2.05) is 0 Å². The molecular formula is C17H32N2. The topological polar surface area (TPSA) is 17.8 Å². The van der Waals surface area contributed by atoms with Crippen LogP contribution in [0.15, 0.2) is 6.07 Å². The molecule has 0 amide bonds. The van der Waals surface area contributed by atoms with E-state index in [9.17, 15) is 0 Å². The second-order valence-electron chi connectivity index (χ2n) is 5.53. The second kappa shape index (κ2) is 10.1. The molecule has 0 unspecified atom stereocenters. The van der Waals surface area contributed by atoms with Crippen molar-refractivity contribution in [3.8, 4) is 0 Å². The lowest BCUT2D eigenvalue weighted by atomic mass is 10.1. The van der Waals surface area contributed by atoms with Crippen molar-refractivity contribution in [1.29, 1.82) is 0 Å². The highest BCUT2D eigenvalue weighted by atomic mass is 15.3. The Morgan fingerprint density at radius 1 is 0.842 bits per heavy atom. The molecule has 0 bridgehead atoms. The summed E-state index contributed by atoms with van der Waals surface area (Å²) in [5.74, 6) is 0. The summed E-state index contributed by atoms with van der Waals surface area (Å²) >= 11 is 0. The van der Waals surface area contributed by atoms with Gasteiger partial charge in [0.15, 0.2) is 0 Å². The number of hydrogen-bond donors (Lipinski definition) is 0. The molecule has 1 aromatic rings. The molecule has 2 heteroatoms. The third kappa shape index (κ3) is 6.26. The molecule has 1 aromatic heterocycles. The van der Waals surface area contributed by atoms with Crippen LogP contribution in [-0.4, -0.2) is 9.78 Å². The van der Waals surface area contributed by atoms with Gasteiger partial charge in [-0.15, -0.1) is 0 Å². The van der Waals surface area contributed by atoms with Gasteiger partial charge in [0, 0.05) is 12.2 Å². The van der Waals surface area contributed by atoms with Gasteiger partial charge in [-0.05, 0) is 25.3 Å². The fraction of sp³-hybridized carbons (Fsp3) is 0.824. The Balaban J connectivity index is 2.13. The van der Waals surface area contributed by atoms with E-state index in [2.05, 4.69) is 36.6 Å². The molecule has 1 heterocycles.